The van der Waals surface area contributed by atoms with E-state index >= 15 is 0 Å². The average Bonchev–Trinajstić information content (AvgIpc) is 2.71. The van der Waals surface area contributed by atoms with Crippen molar-refractivity contribution in [2.24, 2.45) is 5.92 Å². The lowest BCUT2D eigenvalue weighted by molar-refractivity contribution is -0.117. The molecule has 2 rings (SSSR count). The lowest BCUT2D eigenvalue weighted by Gasteiger charge is -2.14. The molecule has 5 heteroatoms. The molecule has 0 saturated heterocycles. The van der Waals surface area contributed by atoms with Crippen LogP contribution in [0.2, 0.25) is 0 Å². The van der Waals surface area contributed by atoms with Gasteiger partial charge in [0.1, 0.15) is 0 Å². The predicted octanol–water partition coefficient (Wildman–Crippen LogP) is 4.39. The Labute approximate surface area is 173 Å². The summed E-state index contributed by atoms with van der Waals surface area (Å²) in [6.45, 7) is 7.47. The summed E-state index contributed by atoms with van der Waals surface area (Å²) in [6.07, 6.45) is 1.81. The first-order valence-electron chi connectivity index (χ1n) is 10.2. The molecule has 2 aromatic rings. The smallest absolute Gasteiger partial charge is 0.251 e. The first-order valence-corrected chi connectivity index (χ1v) is 10.2. The van der Waals surface area contributed by atoms with Gasteiger partial charge in [-0.2, -0.15) is 0 Å². The van der Waals surface area contributed by atoms with Gasteiger partial charge in [-0.25, -0.2) is 0 Å². The number of carbonyl (C=O) groups excluding carboxylic acids is 2. The number of anilines is 1. The molecule has 29 heavy (non-hydrogen) atoms. The van der Waals surface area contributed by atoms with Crippen molar-refractivity contribution in [2.45, 2.75) is 39.5 Å². The summed E-state index contributed by atoms with van der Waals surface area (Å²) < 4.78 is 4.96. The Morgan fingerprint density at radius 3 is 2.21 bits per heavy atom. The molecule has 2 N–H and O–H groups in total. The van der Waals surface area contributed by atoms with Gasteiger partial charge in [-0.05, 0) is 61.1 Å². The normalized spacial score (nSPS) is 11.9. The van der Waals surface area contributed by atoms with Gasteiger partial charge in [0, 0.05) is 31.5 Å². The third kappa shape index (κ3) is 7.35. The summed E-state index contributed by atoms with van der Waals surface area (Å²) in [4.78, 5) is 24.7. The molecule has 0 saturated carbocycles. The highest BCUT2D eigenvalue weighted by Crippen LogP contribution is 2.20. The summed E-state index contributed by atoms with van der Waals surface area (Å²) in [7, 11) is 1.64. The second-order valence-electron chi connectivity index (χ2n) is 7.73. The number of carbonyl (C=O) groups is 2. The maximum atomic E-state index is 12.6. The van der Waals surface area contributed by atoms with E-state index in [2.05, 4.69) is 36.6 Å². The van der Waals surface area contributed by atoms with E-state index in [4.69, 9.17) is 4.74 Å². The van der Waals surface area contributed by atoms with Crippen LogP contribution in [0.15, 0.2) is 48.5 Å². The van der Waals surface area contributed by atoms with E-state index in [1.165, 1.54) is 5.56 Å². The Morgan fingerprint density at radius 1 is 0.966 bits per heavy atom. The molecule has 0 spiro atoms. The molecule has 0 aliphatic rings. The van der Waals surface area contributed by atoms with Crippen molar-refractivity contribution in [3.8, 4) is 0 Å². The van der Waals surface area contributed by atoms with E-state index in [0.29, 0.717) is 30.3 Å². The fraction of sp³-hybridized carbons (Fsp3) is 0.417. The number of hydrogen-bond donors (Lipinski definition) is 2. The summed E-state index contributed by atoms with van der Waals surface area (Å²) in [5, 5.41) is 5.77. The molecular formula is C24H32N2O3. The molecule has 2 aromatic carbocycles. The van der Waals surface area contributed by atoms with E-state index in [-0.39, 0.29) is 17.7 Å². The van der Waals surface area contributed by atoms with Gasteiger partial charge >= 0.3 is 0 Å². The molecule has 1 unspecified atom stereocenters. The molecule has 0 aliphatic heterocycles. The van der Waals surface area contributed by atoms with Gasteiger partial charge in [0.05, 0.1) is 5.92 Å². The first-order chi connectivity index (χ1) is 13.9. The largest absolute Gasteiger partial charge is 0.385 e. The van der Waals surface area contributed by atoms with Crippen LogP contribution in [-0.4, -0.2) is 32.1 Å². The molecule has 0 radical (unpaired) electrons. The Morgan fingerprint density at radius 2 is 1.62 bits per heavy atom. The van der Waals surface area contributed by atoms with Crippen molar-refractivity contribution < 1.29 is 14.3 Å². The molecule has 2 amide bonds. The number of hydrogen-bond acceptors (Lipinski definition) is 3. The molecule has 0 heterocycles. The third-order valence-corrected chi connectivity index (χ3v) is 4.74. The number of nitrogens with one attached hydrogen (secondary N) is 2. The van der Waals surface area contributed by atoms with Gasteiger partial charge < -0.3 is 15.4 Å². The van der Waals surface area contributed by atoms with Gasteiger partial charge in [-0.15, -0.1) is 0 Å². The molecule has 0 bridgehead atoms. The second kappa shape index (κ2) is 11.4. The fourth-order valence-electron chi connectivity index (χ4n) is 3.04. The van der Waals surface area contributed by atoms with E-state index in [1.807, 2.05) is 19.1 Å². The molecule has 0 fully saturated rings. The number of ether oxygens (including phenoxy) is 1. The molecule has 156 valence electrons. The molecule has 0 aromatic heterocycles. The molecule has 0 aliphatic carbocycles. The zero-order chi connectivity index (χ0) is 21.2. The minimum atomic E-state index is -0.258. The highest BCUT2D eigenvalue weighted by atomic mass is 16.5. The molecule has 1 atom stereocenters. The fourth-order valence-corrected chi connectivity index (χ4v) is 3.04. The standard InChI is InChI=1S/C24H32N2O3/c1-17(2)16-19-6-8-20(9-7-19)18(3)23(27)26-22-12-10-21(11-13-22)24(28)25-14-5-15-29-4/h6-13,17-18H,5,14-16H2,1-4H3,(H,25,28)(H,26,27). The summed E-state index contributed by atoms with van der Waals surface area (Å²) >= 11 is 0. The van der Waals surface area contributed by atoms with Crippen LogP contribution in [0.4, 0.5) is 5.69 Å². The van der Waals surface area contributed by atoms with E-state index < -0.39 is 0 Å². The summed E-state index contributed by atoms with van der Waals surface area (Å²) in [5.74, 6) is 0.149. The van der Waals surface area contributed by atoms with Crippen LogP contribution < -0.4 is 10.6 Å². The van der Waals surface area contributed by atoms with Crippen LogP contribution in [0, 0.1) is 5.92 Å². The average molecular weight is 397 g/mol. The SMILES string of the molecule is COCCCNC(=O)c1ccc(NC(=O)C(C)c2ccc(CC(C)C)cc2)cc1. The van der Waals surface area contributed by atoms with Crippen molar-refractivity contribution >= 4 is 17.5 Å². The number of rotatable bonds is 10. The highest BCUT2D eigenvalue weighted by Gasteiger charge is 2.16. The van der Waals surface area contributed by atoms with Gasteiger partial charge in [-0.1, -0.05) is 38.1 Å². The Balaban J connectivity index is 1.90. The van der Waals surface area contributed by atoms with Crippen LogP contribution in [0.25, 0.3) is 0 Å². The lowest BCUT2D eigenvalue weighted by atomic mass is 9.96. The van der Waals surface area contributed by atoms with Gasteiger partial charge in [-0.3, -0.25) is 9.59 Å². The monoisotopic (exact) mass is 396 g/mol. The van der Waals surface area contributed by atoms with Crippen LogP contribution >= 0.6 is 0 Å². The maximum absolute atomic E-state index is 12.6. The van der Waals surface area contributed by atoms with Crippen molar-refractivity contribution in [1.82, 2.24) is 5.32 Å². The molecule has 5 nitrogen and oxygen atoms in total. The Hall–Kier alpha value is -2.66. The lowest BCUT2D eigenvalue weighted by Crippen LogP contribution is -2.25. The summed E-state index contributed by atoms with van der Waals surface area (Å²) in [5.41, 5.74) is 3.51. The van der Waals surface area contributed by atoms with Gasteiger partial charge in [0.25, 0.3) is 5.91 Å². The van der Waals surface area contributed by atoms with Gasteiger partial charge in [0.2, 0.25) is 5.91 Å². The number of benzene rings is 2. The molecular weight excluding hydrogens is 364 g/mol. The minimum absolute atomic E-state index is 0.0709. The van der Waals surface area contributed by atoms with Crippen molar-refractivity contribution in [3.05, 3.63) is 65.2 Å². The van der Waals surface area contributed by atoms with Crippen LogP contribution in [0.3, 0.4) is 0 Å². The van der Waals surface area contributed by atoms with Crippen LogP contribution in [0.1, 0.15) is 54.6 Å². The van der Waals surface area contributed by atoms with Gasteiger partial charge in [0.15, 0.2) is 0 Å². The van der Waals surface area contributed by atoms with Crippen molar-refractivity contribution in [2.75, 3.05) is 25.6 Å². The van der Waals surface area contributed by atoms with Crippen LogP contribution in [-0.2, 0) is 16.0 Å². The topological polar surface area (TPSA) is 67.4 Å². The Bertz CT molecular complexity index is 783. The zero-order valence-corrected chi connectivity index (χ0v) is 17.8. The van der Waals surface area contributed by atoms with Crippen molar-refractivity contribution in [1.29, 1.82) is 0 Å². The van der Waals surface area contributed by atoms with E-state index in [9.17, 15) is 9.59 Å². The van der Waals surface area contributed by atoms with E-state index in [1.54, 1.807) is 31.4 Å². The number of amides is 2. The quantitative estimate of drug-likeness (QED) is 0.585. The minimum Gasteiger partial charge on any atom is -0.385 e. The van der Waals surface area contributed by atoms with Crippen molar-refractivity contribution in [3.63, 3.8) is 0 Å². The second-order valence-corrected chi connectivity index (χ2v) is 7.73. The highest BCUT2D eigenvalue weighted by molar-refractivity contribution is 5.97. The predicted molar refractivity (Wildman–Crippen MR) is 117 cm³/mol. The van der Waals surface area contributed by atoms with Crippen LogP contribution in [0.5, 0.6) is 0 Å². The first kappa shape index (κ1) is 22.6. The Kier molecular flexibility index (Phi) is 8.87. The maximum Gasteiger partial charge on any atom is 0.251 e. The third-order valence-electron chi connectivity index (χ3n) is 4.74. The summed E-state index contributed by atoms with van der Waals surface area (Å²) in [6, 6.07) is 15.2. The van der Waals surface area contributed by atoms with E-state index in [0.717, 1.165) is 18.4 Å². The zero-order valence-electron chi connectivity index (χ0n) is 17.8. The number of methoxy groups -OCH3 is 1.